The Morgan fingerprint density at radius 1 is 1.27 bits per heavy atom. The lowest BCUT2D eigenvalue weighted by atomic mass is 9.81. The van der Waals surface area contributed by atoms with Crippen LogP contribution >= 0.6 is 0 Å². The number of fused-ring (bicyclic) bond motifs is 2. The molecule has 0 bridgehead atoms. The normalized spacial score (nSPS) is 30.1. The third-order valence-electron chi connectivity index (χ3n) is 3.60. The first-order chi connectivity index (χ1) is 7.41. The van der Waals surface area contributed by atoms with Crippen LogP contribution in [0.3, 0.4) is 0 Å². The Morgan fingerprint density at radius 3 is 3.07 bits per heavy atom. The fraction of sp³-hybridized carbons (Fsp3) is 0.538. The summed E-state index contributed by atoms with van der Waals surface area (Å²) in [5.74, 6) is 0. The molecule has 1 N–H and O–H groups in total. The maximum absolute atomic E-state index is 6.07. The van der Waals surface area contributed by atoms with E-state index in [1.54, 1.807) is 0 Å². The highest BCUT2D eigenvalue weighted by Crippen LogP contribution is 2.37. The van der Waals surface area contributed by atoms with Crippen molar-refractivity contribution < 1.29 is 4.74 Å². The van der Waals surface area contributed by atoms with Gasteiger partial charge in [-0.1, -0.05) is 24.3 Å². The van der Waals surface area contributed by atoms with Crippen molar-refractivity contribution in [3.63, 3.8) is 0 Å². The highest BCUT2D eigenvalue weighted by Gasteiger charge is 2.38. The van der Waals surface area contributed by atoms with Gasteiger partial charge in [-0.15, -0.1) is 0 Å². The number of ether oxygens (including phenoxy) is 1. The molecule has 1 atom stereocenters. The third-order valence-corrected chi connectivity index (χ3v) is 3.60. The van der Waals surface area contributed by atoms with Gasteiger partial charge < -0.3 is 10.1 Å². The molecule has 2 aliphatic rings. The molecule has 0 aliphatic carbocycles. The van der Waals surface area contributed by atoms with E-state index in [-0.39, 0.29) is 5.60 Å². The van der Waals surface area contributed by atoms with Gasteiger partial charge in [-0.25, -0.2) is 0 Å². The van der Waals surface area contributed by atoms with Gasteiger partial charge in [0.05, 0.1) is 6.61 Å². The minimum Gasteiger partial charge on any atom is -0.369 e. The van der Waals surface area contributed by atoms with Crippen LogP contribution in [0.4, 0.5) is 0 Å². The summed E-state index contributed by atoms with van der Waals surface area (Å²) in [6.45, 7) is 2.98. The van der Waals surface area contributed by atoms with Crippen LogP contribution in [-0.4, -0.2) is 19.7 Å². The van der Waals surface area contributed by atoms with Crippen LogP contribution in [0.2, 0.25) is 0 Å². The van der Waals surface area contributed by atoms with Crippen LogP contribution in [0.5, 0.6) is 0 Å². The topological polar surface area (TPSA) is 21.3 Å². The molecule has 0 saturated carbocycles. The summed E-state index contributed by atoms with van der Waals surface area (Å²) in [4.78, 5) is 0. The van der Waals surface area contributed by atoms with E-state index in [1.165, 1.54) is 17.5 Å². The molecule has 1 spiro atoms. The number of rotatable bonds is 0. The van der Waals surface area contributed by atoms with Gasteiger partial charge in [0.1, 0.15) is 5.60 Å². The lowest BCUT2D eigenvalue weighted by molar-refractivity contribution is -0.0748. The Hall–Kier alpha value is -0.860. The van der Waals surface area contributed by atoms with Crippen molar-refractivity contribution in [3.05, 3.63) is 35.4 Å². The molecule has 2 nitrogen and oxygen atoms in total. The molecule has 3 rings (SSSR count). The summed E-state index contributed by atoms with van der Waals surface area (Å²) < 4.78 is 6.07. The van der Waals surface area contributed by atoms with Gasteiger partial charge in [-0.2, -0.15) is 0 Å². The van der Waals surface area contributed by atoms with E-state index in [4.69, 9.17) is 4.74 Å². The van der Waals surface area contributed by atoms with E-state index in [1.807, 2.05) is 0 Å². The quantitative estimate of drug-likeness (QED) is 0.694. The average molecular weight is 203 g/mol. The number of piperidine rings is 1. The number of nitrogens with one attached hydrogen (secondary N) is 1. The van der Waals surface area contributed by atoms with Crippen LogP contribution in [0.15, 0.2) is 24.3 Å². The number of hydrogen-bond donors (Lipinski definition) is 1. The molecule has 1 saturated heterocycles. The first kappa shape index (κ1) is 9.37. The van der Waals surface area contributed by atoms with Crippen LogP contribution < -0.4 is 5.32 Å². The third kappa shape index (κ3) is 1.48. The minimum atomic E-state index is -0.0207. The van der Waals surface area contributed by atoms with Crippen molar-refractivity contribution in [1.29, 1.82) is 0 Å². The lowest BCUT2D eigenvalue weighted by Crippen LogP contribution is -2.48. The summed E-state index contributed by atoms with van der Waals surface area (Å²) in [7, 11) is 0. The fourth-order valence-corrected chi connectivity index (χ4v) is 2.85. The van der Waals surface area contributed by atoms with Crippen molar-refractivity contribution >= 4 is 0 Å². The SMILES string of the molecule is c1ccc2c(c1)CCOC21CCCNC1. The second kappa shape index (κ2) is 3.62. The van der Waals surface area contributed by atoms with Crippen molar-refractivity contribution in [1.82, 2.24) is 5.32 Å². The predicted octanol–water partition coefficient (Wildman–Crippen LogP) is 1.84. The monoisotopic (exact) mass is 203 g/mol. The summed E-state index contributed by atoms with van der Waals surface area (Å²) in [6.07, 6.45) is 3.45. The maximum Gasteiger partial charge on any atom is 0.106 e. The molecule has 2 aliphatic heterocycles. The Balaban J connectivity index is 2.04. The van der Waals surface area contributed by atoms with E-state index >= 15 is 0 Å². The van der Waals surface area contributed by atoms with Crippen molar-refractivity contribution in [2.24, 2.45) is 0 Å². The average Bonchev–Trinajstić information content (AvgIpc) is 2.31. The standard InChI is InChI=1S/C13H17NO/c1-2-5-12-11(4-1)6-9-15-13(12)7-3-8-14-10-13/h1-2,4-5,14H,3,6-10H2. The van der Waals surface area contributed by atoms with Gasteiger partial charge in [0, 0.05) is 6.54 Å². The Kier molecular flexibility index (Phi) is 2.26. The molecule has 2 heteroatoms. The molecular weight excluding hydrogens is 186 g/mol. The molecule has 1 aromatic carbocycles. The van der Waals surface area contributed by atoms with Crippen molar-refractivity contribution in [3.8, 4) is 0 Å². The van der Waals surface area contributed by atoms with Gasteiger partial charge in [0.2, 0.25) is 0 Å². The molecule has 1 fully saturated rings. The van der Waals surface area contributed by atoms with Crippen molar-refractivity contribution in [2.75, 3.05) is 19.7 Å². The lowest BCUT2D eigenvalue weighted by Gasteiger charge is -2.42. The summed E-state index contributed by atoms with van der Waals surface area (Å²) in [6, 6.07) is 8.74. The van der Waals surface area contributed by atoms with Gasteiger partial charge in [-0.05, 0) is 36.9 Å². The zero-order valence-corrected chi connectivity index (χ0v) is 8.96. The van der Waals surface area contributed by atoms with Crippen molar-refractivity contribution in [2.45, 2.75) is 24.9 Å². The Labute approximate surface area is 90.6 Å². The van der Waals surface area contributed by atoms with Gasteiger partial charge in [0.15, 0.2) is 0 Å². The minimum absolute atomic E-state index is 0.0207. The van der Waals surface area contributed by atoms with E-state index in [2.05, 4.69) is 29.6 Å². The first-order valence-corrected chi connectivity index (χ1v) is 5.84. The molecule has 1 aromatic rings. The van der Waals surface area contributed by atoms with E-state index in [9.17, 15) is 0 Å². The zero-order valence-electron chi connectivity index (χ0n) is 8.96. The highest BCUT2D eigenvalue weighted by molar-refractivity contribution is 5.35. The van der Waals surface area contributed by atoms with Crippen LogP contribution in [0.1, 0.15) is 24.0 Å². The van der Waals surface area contributed by atoms with Crippen LogP contribution in [-0.2, 0) is 16.8 Å². The van der Waals surface area contributed by atoms with Crippen LogP contribution in [0, 0.1) is 0 Å². The van der Waals surface area contributed by atoms with Gasteiger partial charge >= 0.3 is 0 Å². The summed E-state index contributed by atoms with van der Waals surface area (Å²) in [5.41, 5.74) is 2.88. The molecular formula is C13H17NO. The van der Waals surface area contributed by atoms with Crippen LogP contribution in [0.25, 0.3) is 0 Å². The Morgan fingerprint density at radius 2 is 2.20 bits per heavy atom. The number of benzene rings is 1. The molecule has 0 amide bonds. The largest absolute Gasteiger partial charge is 0.369 e. The molecule has 80 valence electrons. The van der Waals surface area contributed by atoms with E-state index in [0.29, 0.717) is 0 Å². The first-order valence-electron chi connectivity index (χ1n) is 5.84. The second-order valence-electron chi connectivity index (χ2n) is 4.53. The molecule has 0 radical (unpaired) electrons. The fourth-order valence-electron chi connectivity index (χ4n) is 2.85. The second-order valence-corrected chi connectivity index (χ2v) is 4.53. The number of hydrogen-bond acceptors (Lipinski definition) is 2. The zero-order chi connectivity index (χ0) is 10.1. The molecule has 0 aromatic heterocycles. The smallest absolute Gasteiger partial charge is 0.106 e. The summed E-state index contributed by atoms with van der Waals surface area (Å²) >= 11 is 0. The summed E-state index contributed by atoms with van der Waals surface area (Å²) in [5, 5.41) is 3.46. The van der Waals surface area contributed by atoms with Gasteiger partial charge in [-0.3, -0.25) is 0 Å². The van der Waals surface area contributed by atoms with E-state index < -0.39 is 0 Å². The molecule has 15 heavy (non-hydrogen) atoms. The molecule has 2 heterocycles. The van der Waals surface area contributed by atoms with E-state index in [0.717, 1.165) is 32.5 Å². The maximum atomic E-state index is 6.07. The Bertz CT molecular complexity index is 355. The predicted molar refractivity (Wildman–Crippen MR) is 59.9 cm³/mol. The molecule has 1 unspecified atom stereocenters. The highest BCUT2D eigenvalue weighted by atomic mass is 16.5. The van der Waals surface area contributed by atoms with Gasteiger partial charge in [0.25, 0.3) is 0 Å².